The molecular weight excluding hydrogens is 308 g/mol. The van der Waals surface area contributed by atoms with Crippen LogP contribution in [0.1, 0.15) is 17.7 Å². The highest BCUT2D eigenvalue weighted by Crippen LogP contribution is 2.27. The van der Waals surface area contributed by atoms with Gasteiger partial charge in [-0.3, -0.25) is 5.10 Å². The first-order chi connectivity index (χ1) is 11.7. The summed E-state index contributed by atoms with van der Waals surface area (Å²) in [6, 6.07) is 9.00. The lowest BCUT2D eigenvalue weighted by Gasteiger charge is -2.08. The van der Waals surface area contributed by atoms with Gasteiger partial charge in [-0.15, -0.1) is 10.2 Å². The van der Waals surface area contributed by atoms with E-state index in [1.807, 2.05) is 12.1 Å². The van der Waals surface area contributed by atoms with Gasteiger partial charge in [0.1, 0.15) is 11.6 Å². The van der Waals surface area contributed by atoms with Gasteiger partial charge in [0.05, 0.1) is 35.2 Å². The van der Waals surface area contributed by atoms with Crippen molar-refractivity contribution in [1.82, 2.24) is 10.2 Å². The summed E-state index contributed by atoms with van der Waals surface area (Å²) in [5, 5.41) is 44.3. The topological polar surface area (TPSA) is 159 Å². The molecule has 0 atom stereocenters. The Morgan fingerprint density at radius 2 is 2.17 bits per heavy atom. The predicted octanol–water partition coefficient (Wildman–Crippen LogP) is 2.14. The molecule has 0 fully saturated rings. The number of aromatic nitrogens is 2. The van der Waals surface area contributed by atoms with Crippen LogP contribution in [0.2, 0.25) is 0 Å². The Labute approximate surface area is 138 Å². The molecular formula is C15H16N8O. The van der Waals surface area contributed by atoms with Crippen molar-refractivity contribution in [3.05, 3.63) is 29.5 Å². The number of benzene rings is 1. The van der Waals surface area contributed by atoms with Crippen LogP contribution >= 0.6 is 0 Å². The van der Waals surface area contributed by atoms with Crippen molar-refractivity contribution in [2.45, 2.75) is 12.8 Å². The zero-order valence-electron chi connectivity index (χ0n) is 12.8. The summed E-state index contributed by atoms with van der Waals surface area (Å²) in [4.78, 5) is 0. The van der Waals surface area contributed by atoms with E-state index >= 15 is 0 Å². The van der Waals surface area contributed by atoms with E-state index in [4.69, 9.17) is 21.4 Å². The predicted molar refractivity (Wildman–Crippen MR) is 87.8 cm³/mol. The Morgan fingerprint density at radius 1 is 1.33 bits per heavy atom. The van der Waals surface area contributed by atoms with E-state index in [0.29, 0.717) is 35.7 Å². The summed E-state index contributed by atoms with van der Waals surface area (Å²) in [7, 11) is 0. The quantitative estimate of drug-likeness (QED) is 0.347. The summed E-state index contributed by atoms with van der Waals surface area (Å²) in [6.07, 6.45) is 0.651. The number of nitrogen functional groups attached to an aromatic ring is 1. The maximum atomic E-state index is 9.14. The van der Waals surface area contributed by atoms with Gasteiger partial charge in [0.15, 0.2) is 0 Å². The third kappa shape index (κ3) is 4.06. The third-order valence-corrected chi connectivity index (χ3v) is 3.14. The molecule has 0 amide bonds. The maximum Gasteiger partial charge on any atom is 0.213 e. The number of nitrogens with two attached hydrogens (primary N) is 1. The fourth-order valence-corrected chi connectivity index (χ4v) is 1.93. The molecule has 2 aromatic rings. The zero-order valence-corrected chi connectivity index (χ0v) is 12.8. The first-order valence-corrected chi connectivity index (χ1v) is 7.20. The second kappa shape index (κ2) is 8.27. The van der Waals surface area contributed by atoms with E-state index in [-0.39, 0.29) is 24.4 Å². The normalized spacial score (nSPS) is 10.5. The summed E-state index contributed by atoms with van der Waals surface area (Å²) in [5.41, 5.74) is 8.27. The highest BCUT2D eigenvalue weighted by Gasteiger charge is 2.12. The maximum absolute atomic E-state index is 9.14. The summed E-state index contributed by atoms with van der Waals surface area (Å²) >= 11 is 0. The third-order valence-electron chi connectivity index (χ3n) is 3.14. The molecule has 24 heavy (non-hydrogen) atoms. The minimum Gasteiger partial charge on any atom is -0.397 e. The number of H-pyrrole nitrogens is 1. The van der Waals surface area contributed by atoms with Gasteiger partial charge in [-0.05, 0) is 24.6 Å². The largest absolute Gasteiger partial charge is 0.397 e. The number of nitrogens with zero attached hydrogens (tertiary/aromatic N) is 5. The lowest BCUT2D eigenvalue weighted by molar-refractivity contribution is 0.292. The Balaban J connectivity index is 2.19. The second-order valence-corrected chi connectivity index (χ2v) is 4.82. The smallest absolute Gasteiger partial charge is 0.213 e. The average molecular weight is 324 g/mol. The molecule has 122 valence electrons. The summed E-state index contributed by atoms with van der Waals surface area (Å²) in [6.45, 7) is 0.671. The molecule has 0 saturated heterocycles. The van der Waals surface area contributed by atoms with Crippen LogP contribution in [0.25, 0.3) is 0 Å². The minimum absolute atomic E-state index is 0.0478. The monoisotopic (exact) mass is 324 g/mol. The van der Waals surface area contributed by atoms with Gasteiger partial charge < -0.3 is 16.2 Å². The molecule has 2 rings (SSSR count). The number of aliphatic hydroxyl groups excluding tert-OH is 1. The molecule has 0 saturated carbocycles. The Bertz CT molecular complexity index is 812. The van der Waals surface area contributed by atoms with Crippen LogP contribution in [-0.4, -0.2) is 28.5 Å². The number of hydrogen-bond donors (Lipinski definition) is 4. The van der Waals surface area contributed by atoms with Crippen LogP contribution in [0.4, 0.5) is 22.9 Å². The SMILES string of the molecule is N#CCc1[nH]nc(N=Nc2ccc(N)c(NCCCO)c2)c1C#N. The fourth-order valence-electron chi connectivity index (χ4n) is 1.93. The fraction of sp³-hybridized carbons (Fsp3) is 0.267. The van der Waals surface area contributed by atoms with Crippen molar-refractivity contribution >= 4 is 22.9 Å². The van der Waals surface area contributed by atoms with Crippen LogP contribution in [0.5, 0.6) is 0 Å². The van der Waals surface area contributed by atoms with E-state index in [0.717, 1.165) is 0 Å². The highest BCUT2D eigenvalue weighted by atomic mass is 16.3. The molecule has 9 heteroatoms. The van der Waals surface area contributed by atoms with E-state index in [1.165, 1.54) is 0 Å². The van der Waals surface area contributed by atoms with Crippen molar-refractivity contribution in [2.75, 3.05) is 24.2 Å². The van der Waals surface area contributed by atoms with Gasteiger partial charge in [0.25, 0.3) is 0 Å². The van der Waals surface area contributed by atoms with Gasteiger partial charge in [-0.1, -0.05) is 0 Å². The Hall–Kier alpha value is -3.43. The number of aliphatic hydroxyl groups is 1. The number of anilines is 2. The number of rotatable bonds is 7. The lowest BCUT2D eigenvalue weighted by Crippen LogP contribution is -2.05. The van der Waals surface area contributed by atoms with E-state index in [1.54, 1.807) is 18.2 Å². The molecule has 9 nitrogen and oxygen atoms in total. The first kappa shape index (κ1) is 16.9. The molecule has 0 aliphatic rings. The molecule has 0 aliphatic carbocycles. The van der Waals surface area contributed by atoms with Crippen molar-refractivity contribution < 1.29 is 5.11 Å². The second-order valence-electron chi connectivity index (χ2n) is 4.82. The minimum atomic E-state index is 0.0478. The first-order valence-electron chi connectivity index (χ1n) is 7.20. The van der Waals surface area contributed by atoms with Crippen molar-refractivity contribution in [1.29, 1.82) is 10.5 Å². The molecule has 1 aromatic heterocycles. The Morgan fingerprint density at radius 3 is 2.88 bits per heavy atom. The number of azo groups is 1. The van der Waals surface area contributed by atoms with Crippen LogP contribution in [-0.2, 0) is 6.42 Å². The van der Waals surface area contributed by atoms with E-state index in [2.05, 4.69) is 25.7 Å². The average Bonchev–Trinajstić information content (AvgIpc) is 2.97. The number of hydrogen-bond acceptors (Lipinski definition) is 8. The van der Waals surface area contributed by atoms with Gasteiger partial charge >= 0.3 is 0 Å². The standard InChI is InChI=1S/C15H16N8O/c16-5-4-13-11(9-17)15(23-21-13)22-20-10-2-3-12(18)14(8-10)19-6-1-7-24/h2-3,8,19,24H,1,4,6-7,18H2,(H,21,23). The Kier molecular flexibility index (Phi) is 5.83. The van der Waals surface area contributed by atoms with E-state index < -0.39 is 0 Å². The van der Waals surface area contributed by atoms with Crippen molar-refractivity contribution in [3.8, 4) is 12.1 Å². The molecule has 1 heterocycles. The molecule has 0 aliphatic heterocycles. The van der Waals surface area contributed by atoms with Crippen LogP contribution in [0.15, 0.2) is 28.4 Å². The highest BCUT2D eigenvalue weighted by molar-refractivity contribution is 5.70. The molecule has 1 aromatic carbocycles. The molecule has 0 unspecified atom stereocenters. The summed E-state index contributed by atoms with van der Waals surface area (Å²) in [5.74, 6) is 0.134. The van der Waals surface area contributed by atoms with Gasteiger partial charge in [-0.25, -0.2) is 0 Å². The number of aromatic amines is 1. The zero-order chi connectivity index (χ0) is 17.4. The van der Waals surface area contributed by atoms with Crippen molar-refractivity contribution in [2.24, 2.45) is 10.2 Å². The lowest BCUT2D eigenvalue weighted by atomic mass is 10.2. The molecule has 0 bridgehead atoms. The van der Waals surface area contributed by atoms with Crippen LogP contribution in [0.3, 0.4) is 0 Å². The van der Waals surface area contributed by atoms with Gasteiger partial charge in [0, 0.05) is 13.2 Å². The molecule has 5 N–H and O–H groups in total. The van der Waals surface area contributed by atoms with Crippen LogP contribution < -0.4 is 11.1 Å². The van der Waals surface area contributed by atoms with E-state index in [9.17, 15) is 0 Å². The van der Waals surface area contributed by atoms with Crippen LogP contribution in [0, 0.1) is 22.7 Å². The van der Waals surface area contributed by atoms with Crippen molar-refractivity contribution in [3.63, 3.8) is 0 Å². The number of nitriles is 2. The summed E-state index contributed by atoms with van der Waals surface area (Å²) < 4.78 is 0. The molecule has 0 radical (unpaired) electrons. The van der Waals surface area contributed by atoms with Gasteiger partial charge in [-0.2, -0.15) is 15.6 Å². The molecule has 0 spiro atoms. The number of nitrogens with one attached hydrogen (secondary N) is 2. The van der Waals surface area contributed by atoms with Gasteiger partial charge in [0.2, 0.25) is 5.82 Å².